The summed E-state index contributed by atoms with van der Waals surface area (Å²) < 4.78 is 5.68. The number of amides is 1. The summed E-state index contributed by atoms with van der Waals surface area (Å²) in [6.45, 7) is 5.83. The van der Waals surface area contributed by atoms with Gasteiger partial charge in [0.2, 0.25) is 5.91 Å². The summed E-state index contributed by atoms with van der Waals surface area (Å²) in [5, 5.41) is 0. The highest BCUT2D eigenvalue weighted by Gasteiger charge is 2.31. The molecule has 1 aromatic rings. The van der Waals surface area contributed by atoms with Crippen LogP contribution in [0.3, 0.4) is 0 Å². The van der Waals surface area contributed by atoms with Gasteiger partial charge in [-0.15, -0.1) is 0 Å². The molecule has 5 nitrogen and oxygen atoms in total. The zero-order valence-electron chi connectivity index (χ0n) is 11.2. The highest BCUT2D eigenvalue weighted by Crippen LogP contribution is 2.26. The van der Waals surface area contributed by atoms with E-state index < -0.39 is 0 Å². The molecule has 1 amide bonds. The fourth-order valence-corrected chi connectivity index (χ4v) is 2.40. The summed E-state index contributed by atoms with van der Waals surface area (Å²) in [6.07, 6.45) is 0. The first-order chi connectivity index (χ1) is 8.49. The fourth-order valence-electron chi connectivity index (χ4n) is 2.40. The third kappa shape index (κ3) is 2.57. The van der Waals surface area contributed by atoms with Crippen LogP contribution in [0.5, 0.6) is 0 Å². The number of carbonyl (C=O) groups excluding carboxylic acids is 1. The van der Waals surface area contributed by atoms with E-state index >= 15 is 0 Å². The van der Waals surface area contributed by atoms with Crippen molar-refractivity contribution in [3.63, 3.8) is 0 Å². The standard InChI is InChI=1S/C13H21N3O2/c1-9-4-5-11(18-9)13(10(2)14)16-7-6-15(3)12(17)8-16/h4-5,10,13H,6-8,14H2,1-3H3. The summed E-state index contributed by atoms with van der Waals surface area (Å²) in [5.74, 6) is 1.85. The van der Waals surface area contributed by atoms with E-state index in [0.717, 1.165) is 24.6 Å². The Hall–Kier alpha value is -1.33. The minimum atomic E-state index is -0.0771. The molecule has 1 aliphatic rings. The van der Waals surface area contributed by atoms with Crippen LogP contribution < -0.4 is 5.73 Å². The second-order valence-corrected chi connectivity index (χ2v) is 5.04. The van der Waals surface area contributed by atoms with E-state index in [1.54, 1.807) is 4.90 Å². The van der Waals surface area contributed by atoms with Crippen LogP contribution in [0.4, 0.5) is 0 Å². The normalized spacial score (nSPS) is 21.1. The van der Waals surface area contributed by atoms with Crippen molar-refractivity contribution in [2.75, 3.05) is 26.7 Å². The van der Waals surface area contributed by atoms with Crippen LogP contribution in [-0.2, 0) is 4.79 Å². The van der Waals surface area contributed by atoms with Crippen molar-refractivity contribution in [1.29, 1.82) is 0 Å². The van der Waals surface area contributed by atoms with Crippen LogP contribution in [0.25, 0.3) is 0 Å². The summed E-state index contributed by atoms with van der Waals surface area (Å²) in [7, 11) is 1.83. The van der Waals surface area contributed by atoms with Gasteiger partial charge in [0.05, 0.1) is 12.6 Å². The Balaban J connectivity index is 2.18. The van der Waals surface area contributed by atoms with Crippen LogP contribution >= 0.6 is 0 Å². The molecule has 2 heterocycles. The smallest absolute Gasteiger partial charge is 0.236 e. The number of hydrogen-bond donors (Lipinski definition) is 1. The van der Waals surface area contributed by atoms with Gasteiger partial charge in [-0.05, 0) is 26.0 Å². The number of nitrogens with two attached hydrogens (primary N) is 1. The van der Waals surface area contributed by atoms with E-state index in [2.05, 4.69) is 4.90 Å². The van der Waals surface area contributed by atoms with Gasteiger partial charge in [0.25, 0.3) is 0 Å². The molecule has 0 bridgehead atoms. The average molecular weight is 251 g/mol. The van der Waals surface area contributed by atoms with Crippen molar-refractivity contribution < 1.29 is 9.21 Å². The number of aryl methyl sites for hydroxylation is 1. The summed E-state index contributed by atoms with van der Waals surface area (Å²) in [6, 6.07) is 3.78. The van der Waals surface area contributed by atoms with Gasteiger partial charge in [0, 0.05) is 26.2 Å². The summed E-state index contributed by atoms with van der Waals surface area (Å²) in [5.41, 5.74) is 6.06. The topological polar surface area (TPSA) is 62.7 Å². The lowest BCUT2D eigenvalue weighted by Gasteiger charge is -2.38. The fraction of sp³-hybridized carbons (Fsp3) is 0.615. The molecule has 1 fully saturated rings. The van der Waals surface area contributed by atoms with Crippen LogP contribution in [0.1, 0.15) is 24.5 Å². The van der Waals surface area contributed by atoms with E-state index in [-0.39, 0.29) is 18.0 Å². The molecule has 100 valence electrons. The quantitative estimate of drug-likeness (QED) is 0.861. The van der Waals surface area contributed by atoms with Crippen molar-refractivity contribution >= 4 is 5.91 Å². The lowest BCUT2D eigenvalue weighted by molar-refractivity contribution is -0.135. The van der Waals surface area contributed by atoms with Crippen molar-refractivity contribution in [3.8, 4) is 0 Å². The lowest BCUT2D eigenvalue weighted by atomic mass is 10.0. The van der Waals surface area contributed by atoms with Gasteiger partial charge < -0.3 is 15.1 Å². The second kappa shape index (κ2) is 5.12. The second-order valence-electron chi connectivity index (χ2n) is 5.04. The number of hydrogen-bond acceptors (Lipinski definition) is 4. The molecular formula is C13H21N3O2. The number of carbonyl (C=O) groups is 1. The Bertz CT molecular complexity index is 428. The van der Waals surface area contributed by atoms with Gasteiger partial charge in [-0.1, -0.05) is 0 Å². The molecule has 2 unspecified atom stereocenters. The molecule has 2 N–H and O–H groups in total. The van der Waals surface area contributed by atoms with Gasteiger partial charge >= 0.3 is 0 Å². The number of likely N-dealkylation sites (N-methyl/N-ethyl adjacent to an activating group) is 1. The minimum Gasteiger partial charge on any atom is -0.465 e. The monoisotopic (exact) mass is 251 g/mol. The SMILES string of the molecule is Cc1ccc(C(C(C)N)N2CCN(C)C(=O)C2)o1. The molecule has 1 aliphatic heterocycles. The first-order valence-corrected chi connectivity index (χ1v) is 6.29. The Morgan fingerprint density at radius 2 is 2.11 bits per heavy atom. The molecule has 18 heavy (non-hydrogen) atoms. The molecule has 0 radical (unpaired) electrons. The number of furan rings is 1. The van der Waals surface area contributed by atoms with E-state index in [1.807, 2.05) is 33.0 Å². The molecule has 2 rings (SSSR count). The first kappa shape index (κ1) is 13.1. The van der Waals surface area contributed by atoms with Crippen LogP contribution in [0.2, 0.25) is 0 Å². The molecular weight excluding hydrogens is 230 g/mol. The predicted molar refractivity (Wildman–Crippen MR) is 69.0 cm³/mol. The highest BCUT2D eigenvalue weighted by atomic mass is 16.3. The van der Waals surface area contributed by atoms with Crippen molar-refractivity contribution in [3.05, 3.63) is 23.7 Å². The third-order valence-electron chi connectivity index (χ3n) is 3.43. The zero-order chi connectivity index (χ0) is 13.3. The molecule has 2 atom stereocenters. The Kier molecular flexibility index (Phi) is 3.73. The molecule has 0 spiro atoms. The van der Waals surface area contributed by atoms with Crippen LogP contribution in [0, 0.1) is 6.92 Å². The molecule has 1 aromatic heterocycles. The maximum Gasteiger partial charge on any atom is 0.236 e. The van der Waals surface area contributed by atoms with Gasteiger partial charge in [-0.2, -0.15) is 0 Å². The van der Waals surface area contributed by atoms with Gasteiger partial charge in [-0.3, -0.25) is 9.69 Å². The highest BCUT2D eigenvalue weighted by molar-refractivity contribution is 5.78. The van der Waals surface area contributed by atoms with Gasteiger partial charge in [0.15, 0.2) is 0 Å². The van der Waals surface area contributed by atoms with E-state index in [0.29, 0.717) is 6.54 Å². The van der Waals surface area contributed by atoms with Gasteiger partial charge in [0.1, 0.15) is 11.5 Å². The summed E-state index contributed by atoms with van der Waals surface area (Å²) in [4.78, 5) is 15.6. The van der Waals surface area contributed by atoms with Crippen LogP contribution in [-0.4, -0.2) is 48.4 Å². The maximum absolute atomic E-state index is 11.8. The summed E-state index contributed by atoms with van der Waals surface area (Å²) >= 11 is 0. The Morgan fingerprint density at radius 1 is 1.39 bits per heavy atom. The number of nitrogens with zero attached hydrogens (tertiary/aromatic N) is 2. The molecule has 1 saturated heterocycles. The zero-order valence-corrected chi connectivity index (χ0v) is 11.2. The van der Waals surface area contributed by atoms with Crippen LogP contribution in [0.15, 0.2) is 16.5 Å². The Labute approximate surface area is 108 Å². The minimum absolute atomic E-state index is 0.0312. The average Bonchev–Trinajstić information content (AvgIpc) is 2.70. The van der Waals surface area contributed by atoms with Gasteiger partial charge in [-0.25, -0.2) is 0 Å². The van der Waals surface area contributed by atoms with Crippen molar-refractivity contribution in [2.24, 2.45) is 5.73 Å². The molecule has 5 heteroatoms. The maximum atomic E-state index is 11.8. The molecule has 0 aromatic carbocycles. The Morgan fingerprint density at radius 3 is 2.61 bits per heavy atom. The van der Waals surface area contributed by atoms with Crippen molar-refractivity contribution in [1.82, 2.24) is 9.80 Å². The number of piperazine rings is 1. The first-order valence-electron chi connectivity index (χ1n) is 6.29. The van der Waals surface area contributed by atoms with E-state index in [4.69, 9.17) is 10.2 Å². The lowest BCUT2D eigenvalue weighted by Crippen LogP contribution is -2.52. The van der Waals surface area contributed by atoms with E-state index in [1.165, 1.54) is 0 Å². The molecule has 0 aliphatic carbocycles. The van der Waals surface area contributed by atoms with Crippen molar-refractivity contribution in [2.45, 2.75) is 25.9 Å². The largest absolute Gasteiger partial charge is 0.465 e. The third-order valence-corrected chi connectivity index (χ3v) is 3.43. The predicted octanol–water partition coefficient (Wildman–Crippen LogP) is 0.750. The molecule has 0 saturated carbocycles. The van der Waals surface area contributed by atoms with E-state index in [9.17, 15) is 4.79 Å². The number of rotatable bonds is 3.